The lowest BCUT2D eigenvalue weighted by atomic mass is 10.2. The molecule has 0 heterocycles. The van der Waals surface area contributed by atoms with Crippen LogP contribution in [0.3, 0.4) is 0 Å². The van der Waals surface area contributed by atoms with Crippen LogP contribution in [-0.4, -0.2) is 11.9 Å². The van der Waals surface area contributed by atoms with Crippen molar-refractivity contribution in [3.8, 4) is 11.5 Å². The van der Waals surface area contributed by atoms with Gasteiger partial charge in [0.15, 0.2) is 11.6 Å². The number of carbonyl (C=O) groups excluding carboxylic acids is 2. The van der Waals surface area contributed by atoms with Crippen LogP contribution >= 0.6 is 0 Å². The highest BCUT2D eigenvalue weighted by atomic mass is 19.2. The third kappa shape index (κ3) is 4.74. The molecule has 0 saturated carbocycles. The van der Waals surface area contributed by atoms with Gasteiger partial charge < -0.3 is 9.47 Å². The number of carbonyl (C=O) groups is 2. The van der Waals surface area contributed by atoms with Gasteiger partial charge >= 0.3 is 11.9 Å². The highest BCUT2D eigenvalue weighted by Gasteiger charge is 2.11. The second-order valence-corrected chi connectivity index (χ2v) is 4.72. The van der Waals surface area contributed by atoms with Gasteiger partial charge in [0.1, 0.15) is 11.5 Å². The lowest BCUT2D eigenvalue weighted by molar-refractivity contribution is -0.129. The van der Waals surface area contributed by atoms with Crippen molar-refractivity contribution in [2.45, 2.75) is 13.3 Å². The van der Waals surface area contributed by atoms with Gasteiger partial charge in [-0.2, -0.15) is 0 Å². The molecule has 0 aliphatic heterocycles. The van der Waals surface area contributed by atoms with Crippen LogP contribution in [0, 0.1) is 11.6 Å². The predicted octanol–water partition coefficient (Wildman–Crippen LogP) is 4.06. The Balaban J connectivity index is 2.01. The summed E-state index contributed by atoms with van der Waals surface area (Å²) in [5, 5.41) is 0. The molecular weight excluding hydrogens is 318 g/mol. The van der Waals surface area contributed by atoms with Gasteiger partial charge in [0, 0.05) is 12.1 Å². The van der Waals surface area contributed by atoms with Crippen molar-refractivity contribution in [2.75, 3.05) is 0 Å². The first-order chi connectivity index (χ1) is 11.5. The van der Waals surface area contributed by atoms with Gasteiger partial charge in [-0.15, -0.1) is 0 Å². The van der Waals surface area contributed by atoms with Gasteiger partial charge in [0.05, 0.1) is 5.56 Å². The van der Waals surface area contributed by atoms with Crippen LogP contribution in [0.5, 0.6) is 11.5 Å². The van der Waals surface area contributed by atoms with Crippen molar-refractivity contribution in [1.29, 1.82) is 0 Å². The average Bonchev–Trinajstić information content (AvgIpc) is 2.57. The number of rotatable bonds is 5. The van der Waals surface area contributed by atoms with E-state index < -0.39 is 23.6 Å². The number of allylic oxidation sites excluding steroid dienone is 1. The molecule has 0 aromatic heterocycles. The summed E-state index contributed by atoms with van der Waals surface area (Å²) in [6.45, 7) is 1.89. The van der Waals surface area contributed by atoms with Crippen LogP contribution in [0.2, 0.25) is 0 Å². The largest absolute Gasteiger partial charge is 0.423 e. The minimum Gasteiger partial charge on any atom is -0.423 e. The Morgan fingerprint density at radius 1 is 0.958 bits per heavy atom. The summed E-state index contributed by atoms with van der Waals surface area (Å²) in [7, 11) is 0. The van der Waals surface area contributed by atoms with Crippen molar-refractivity contribution in [1.82, 2.24) is 0 Å². The number of esters is 2. The number of halogens is 2. The highest BCUT2D eigenvalue weighted by Crippen LogP contribution is 2.18. The van der Waals surface area contributed by atoms with Crippen LogP contribution in [0.1, 0.15) is 23.7 Å². The monoisotopic (exact) mass is 332 g/mol. The Kier molecular flexibility index (Phi) is 5.78. The van der Waals surface area contributed by atoms with Gasteiger partial charge in [-0.05, 0) is 42.8 Å². The second-order valence-electron chi connectivity index (χ2n) is 4.72. The molecule has 0 unspecified atom stereocenters. The van der Waals surface area contributed by atoms with Crippen molar-refractivity contribution in [2.24, 2.45) is 0 Å². The summed E-state index contributed by atoms with van der Waals surface area (Å²) < 4.78 is 35.9. The molecule has 0 atom stereocenters. The predicted molar refractivity (Wildman–Crippen MR) is 82.8 cm³/mol. The van der Waals surface area contributed by atoms with Crippen LogP contribution in [0.25, 0.3) is 0 Å². The number of hydrogen-bond donors (Lipinski definition) is 0. The molecule has 0 N–H and O–H groups in total. The van der Waals surface area contributed by atoms with Gasteiger partial charge in [0.25, 0.3) is 0 Å². The zero-order valence-corrected chi connectivity index (χ0v) is 12.8. The maximum Gasteiger partial charge on any atom is 0.343 e. The van der Waals surface area contributed by atoms with Crippen LogP contribution in [0.4, 0.5) is 8.78 Å². The maximum atomic E-state index is 13.1. The summed E-state index contributed by atoms with van der Waals surface area (Å²) in [5.74, 6) is -3.25. The van der Waals surface area contributed by atoms with Crippen LogP contribution in [-0.2, 0) is 4.79 Å². The molecule has 0 aliphatic carbocycles. The van der Waals surface area contributed by atoms with E-state index in [0.29, 0.717) is 6.42 Å². The fourth-order valence-corrected chi connectivity index (χ4v) is 1.73. The van der Waals surface area contributed by atoms with E-state index in [-0.39, 0.29) is 17.1 Å². The topological polar surface area (TPSA) is 52.6 Å². The summed E-state index contributed by atoms with van der Waals surface area (Å²) in [5.41, 5.74) is 0.170. The van der Waals surface area contributed by atoms with E-state index in [1.807, 2.05) is 6.92 Å². The smallest absolute Gasteiger partial charge is 0.343 e. The van der Waals surface area contributed by atoms with E-state index in [1.165, 1.54) is 30.3 Å². The van der Waals surface area contributed by atoms with Crippen molar-refractivity contribution >= 4 is 11.9 Å². The molecule has 6 heteroatoms. The Hall–Kier alpha value is -3.02. The average molecular weight is 332 g/mol. The zero-order valence-electron chi connectivity index (χ0n) is 12.8. The lowest BCUT2D eigenvalue weighted by Crippen LogP contribution is -2.09. The van der Waals surface area contributed by atoms with Gasteiger partial charge in [-0.25, -0.2) is 18.4 Å². The molecule has 0 radical (unpaired) electrons. The normalized spacial score (nSPS) is 10.6. The Labute approximate surface area is 137 Å². The molecule has 24 heavy (non-hydrogen) atoms. The first kappa shape index (κ1) is 17.3. The maximum absolute atomic E-state index is 13.1. The molecule has 4 nitrogen and oxygen atoms in total. The minimum atomic E-state index is -1.11. The first-order valence-electron chi connectivity index (χ1n) is 7.15. The quantitative estimate of drug-likeness (QED) is 0.471. The molecule has 0 bridgehead atoms. The fourth-order valence-electron chi connectivity index (χ4n) is 1.73. The SMILES string of the molecule is CCC=CC(=O)Oc1ccc(C(=O)Oc2ccc(F)c(F)c2)cc1. The second kappa shape index (κ2) is 8.01. The van der Waals surface area contributed by atoms with E-state index in [0.717, 1.165) is 18.2 Å². The number of benzene rings is 2. The standard InChI is InChI=1S/C18H14F2O4/c1-2-3-4-17(21)23-13-7-5-12(6-8-13)18(22)24-14-9-10-15(19)16(20)11-14/h3-11H,2H2,1H3. The number of hydrogen-bond acceptors (Lipinski definition) is 4. The van der Waals surface area contributed by atoms with E-state index in [9.17, 15) is 18.4 Å². The molecule has 0 aliphatic rings. The summed E-state index contributed by atoms with van der Waals surface area (Å²) >= 11 is 0. The molecule has 2 aromatic carbocycles. The Morgan fingerprint density at radius 3 is 2.25 bits per heavy atom. The van der Waals surface area contributed by atoms with Gasteiger partial charge in [-0.3, -0.25) is 0 Å². The third-order valence-electron chi connectivity index (χ3n) is 2.90. The molecule has 0 saturated heterocycles. The molecule has 2 rings (SSSR count). The highest BCUT2D eigenvalue weighted by molar-refractivity contribution is 5.91. The lowest BCUT2D eigenvalue weighted by Gasteiger charge is -2.06. The first-order valence-corrected chi connectivity index (χ1v) is 7.15. The fraction of sp³-hybridized carbons (Fsp3) is 0.111. The summed E-state index contributed by atoms with van der Waals surface area (Å²) in [6.07, 6.45) is 3.69. The molecule has 0 spiro atoms. The third-order valence-corrected chi connectivity index (χ3v) is 2.90. The van der Waals surface area contributed by atoms with E-state index in [1.54, 1.807) is 6.08 Å². The zero-order chi connectivity index (χ0) is 17.5. The van der Waals surface area contributed by atoms with E-state index >= 15 is 0 Å². The molecule has 0 amide bonds. The van der Waals surface area contributed by atoms with Gasteiger partial charge in [0.2, 0.25) is 0 Å². The van der Waals surface area contributed by atoms with E-state index in [2.05, 4.69) is 0 Å². The van der Waals surface area contributed by atoms with Crippen LogP contribution < -0.4 is 9.47 Å². The minimum absolute atomic E-state index is 0.112. The van der Waals surface area contributed by atoms with Crippen molar-refractivity contribution < 1.29 is 27.8 Å². The Bertz CT molecular complexity index is 767. The molecule has 0 fully saturated rings. The van der Waals surface area contributed by atoms with E-state index in [4.69, 9.17) is 9.47 Å². The molecular formula is C18H14F2O4. The number of ether oxygens (including phenoxy) is 2. The summed E-state index contributed by atoms with van der Waals surface area (Å²) in [6, 6.07) is 8.45. The molecule has 124 valence electrons. The van der Waals surface area contributed by atoms with Crippen LogP contribution in [0.15, 0.2) is 54.6 Å². The van der Waals surface area contributed by atoms with Crippen molar-refractivity contribution in [3.05, 3.63) is 71.8 Å². The van der Waals surface area contributed by atoms with Gasteiger partial charge in [-0.1, -0.05) is 13.0 Å². The summed E-state index contributed by atoms with van der Waals surface area (Å²) in [4.78, 5) is 23.4. The van der Waals surface area contributed by atoms with Crippen molar-refractivity contribution in [3.63, 3.8) is 0 Å². The Morgan fingerprint density at radius 2 is 1.62 bits per heavy atom. The molecule has 2 aromatic rings.